The normalized spacial score (nSPS) is 18.0. The van der Waals surface area contributed by atoms with Gasteiger partial charge in [-0.2, -0.15) is 0 Å². The van der Waals surface area contributed by atoms with Crippen molar-refractivity contribution in [2.75, 3.05) is 5.75 Å². The molecule has 0 bridgehead atoms. The molecule has 0 amide bonds. The molecule has 3 aromatic rings. The fraction of sp³-hybridized carbons (Fsp3) is 0.476. The number of pyridine rings is 2. The molecule has 8 heteroatoms. The number of nitrogens with zero attached hydrogens (tertiary/aromatic N) is 4. The summed E-state index contributed by atoms with van der Waals surface area (Å²) in [5.41, 5.74) is 3.85. The van der Waals surface area contributed by atoms with Crippen molar-refractivity contribution >= 4 is 35.5 Å². The van der Waals surface area contributed by atoms with Crippen LogP contribution in [-0.4, -0.2) is 43.6 Å². The predicted molar refractivity (Wildman–Crippen MR) is 119 cm³/mol. The van der Waals surface area contributed by atoms with Crippen molar-refractivity contribution in [3.05, 3.63) is 30.1 Å². The molecule has 1 saturated heterocycles. The summed E-state index contributed by atoms with van der Waals surface area (Å²) in [7, 11) is 1.56. The van der Waals surface area contributed by atoms with E-state index in [-0.39, 0.29) is 11.2 Å². The van der Waals surface area contributed by atoms with Gasteiger partial charge in [-0.3, -0.25) is 4.98 Å². The number of fused-ring (bicyclic) bond motifs is 1. The maximum absolute atomic E-state index is 6.21. The maximum atomic E-state index is 6.21. The van der Waals surface area contributed by atoms with Gasteiger partial charge in [0.2, 0.25) is 0 Å². The minimum absolute atomic E-state index is 0.380. The van der Waals surface area contributed by atoms with Gasteiger partial charge in [0.25, 0.3) is 0 Å². The highest BCUT2D eigenvalue weighted by Crippen LogP contribution is 2.37. The van der Waals surface area contributed by atoms with E-state index in [4.69, 9.17) is 19.3 Å². The molecule has 29 heavy (non-hydrogen) atoms. The van der Waals surface area contributed by atoms with E-state index < -0.39 is 7.12 Å². The molecule has 3 aromatic heterocycles. The molecule has 0 aromatic carbocycles. The van der Waals surface area contributed by atoms with Crippen LogP contribution in [0.2, 0.25) is 0 Å². The fourth-order valence-corrected chi connectivity index (χ4v) is 4.20. The maximum Gasteiger partial charge on any atom is 0.496 e. The highest BCUT2D eigenvalue weighted by Gasteiger charge is 2.51. The molecule has 152 valence electrons. The predicted octanol–water partition coefficient (Wildman–Crippen LogP) is 3.75. The Balaban J connectivity index is 1.77. The van der Waals surface area contributed by atoms with Crippen LogP contribution in [0.15, 0.2) is 29.4 Å². The Morgan fingerprint density at radius 1 is 1.07 bits per heavy atom. The van der Waals surface area contributed by atoms with Gasteiger partial charge in [0.1, 0.15) is 11.2 Å². The van der Waals surface area contributed by atoms with Crippen molar-refractivity contribution in [1.82, 2.24) is 19.5 Å². The molecule has 0 aliphatic carbocycles. The Morgan fingerprint density at radius 2 is 1.76 bits per heavy atom. The van der Waals surface area contributed by atoms with E-state index in [9.17, 15) is 0 Å². The summed E-state index contributed by atoms with van der Waals surface area (Å²) < 4.78 is 14.4. The van der Waals surface area contributed by atoms with Gasteiger partial charge in [0.15, 0.2) is 11.5 Å². The summed E-state index contributed by atoms with van der Waals surface area (Å²) in [6, 6.07) is 4.17. The zero-order valence-corrected chi connectivity index (χ0v) is 18.9. The quantitative estimate of drug-likeness (QED) is 0.482. The lowest BCUT2D eigenvalue weighted by Crippen LogP contribution is -2.41. The monoisotopic (exact) mass is 410 g/mol. The molecule has 0 unspecified atom stereocenters. The van der Waals surface area contributed by atoms with Gasteiger partial charge in [0.05, 0.1) is 11.2 Å². The van der Waals surface area contributed by atoms with Gasteiger partial charge < -0.3 is 13.9 Å². The smallest absolute Gasteiger partial charge is 0.399 e. The van der Waals surface area contributed by atoms with Crippen LogP contribution in [0.25, 0.3) is 22.7 Å². The minimum Gasteiger partial charge on any atom is -0.399 e. The number of aryl methyl sites for hydroxylation is 2. The van der Waals surface area contributed by atoms with E-state index >= 15 is 0 Å². The molecular weight excluding hydrogens is 383 g/mol. The van der Waals surface area contributed by atoms with Gasteiger partial charge in [-0.25, -0.2) is 9.97 Å². The number of rotatable bonds is 4. The van der Waals surface area contributed by atoms with E-state index in [1.807, 2.05) is 30.9 Å². The third-order valence-electron chi connectivity index (χ3n) is 5.76. The van der Waals surface area contributed by atoms with Gasteiger partial charge in [-0.1, -0.05) is 6.92 Å². The van der Waals surface area contributed by atoms with Crippen molar-refractivity contribution < 1.29 is 9.31 Å². The van der Waals surface area contributed by atoms with Gasteiger partial charge in [-0.05, 0) is 58.1 Å². The van der Waals surface area contributed by atoms with Crippen molar-refractivity contribution in [2.24, 2.45) is 7.05 Å². The van der Waals surface area contributed by atoms with E-state index in [0.29, 0.717) is 0 Å². The summed E-state index contributed by atoms with van der Waals surface area (Å²) in [4.78, 5) is 15.2. The van der Waals surface area contributed by atoms with Crippen molar-refractivity contribution in [3.63, 3.8) is 0 Å². The van der Waals surface area contributed by atoms with Crippen LogP contribution in [0.1, 0.15) is 40.2 Å². The molecule has 1 aliphatic heterocycles. The Hall–Kier alpha value is -1.90. The first-order valence-corrected chi connectivity index (χ1v) is 10.9. The standard InChI is InChI=1S/C21H27BN4O2S/c1-8-29-16-10-14(22-27-20(3,4)21(5,6)28-22)12-23-17(16)19-25-15-9-13(2)11-24-18(15)26(19)7/h9-12H,8H2,1-7H3. The third-order valence-corrected chi connectivity index (χ3v) is 6.67. The number of hydrogen-bond acceptors (Lipinski definition) is 6. The summed E-state index contributed by atoms with van der Waals surface area (Å²) >= 11 is 1.74. The second-order valence-electron chi connectivity index (χ2n) is 8.49. The van der Waals surface area contributed by atoms with Crippen LogP contribution >= 0.6 is 11.8 Å². The van der Waals surface area contributed by atoms with Crippen LogP contribution in [-0.2, 0) is 16.4 Å². The van der Waals surface area contributed by atoms with Crippen LogP contribution in [0.4, 0.5) is 0 Å². The molecule has 0 N–H and O–H groups in total. The molecule has 1 aliphatic rings. The zero-order chi connectivity index (χ0) is 21.0. The summed E-state index contributed by atoms with van der Waals surface area (Å²) in [5, 5.41) is 0. The second kappa shape index (κ2) is 7.11. The SMILES string of the molecule is CCSc1cc(B2OC(C)(C)C(C)(C)O2)cnc1-c1nc2cc(C)cnc2n1C. The van der Waals surface area contributed by atoms with E-state index in [2.05, 4.69) is 51.7 Å². The highest BCUT2D eigenvalue weighted by atomic mass is 32.2. The molecule has 4 heterocycles. The molecule has 6 nitrogen and oxygen atoms in total. The second-order valence-corrected chi connectivity index (χ2v) is 9.79. The first-order valence-electron chi connectivity index (χ1n) is 9.91. The van der Waals surface area contributed by atoms with Gasteiger partial charge >= 0.3 is 7.12 Å². The number of thioether (sulfide) groups is 1. The minimum atomic E-state index is -0.428. The van der Waals surface area contributed by atoms with Crippen molar-refractivity contribution in [3.8, 4) is 11.5 Å². The Bertz CT molecular complexity index is 1060. The number of imidazole rings is 1. The van der Waals surface area contributed by atoms with Crippen LogP contribution in [0.5, 0.6) is 0 Å². The van der Waals surface area contributed by atoms with Gasteiger partial charge in [-0.15, -0.1) is 11.8 Å². The summed E-state index contributed by atoms with van der Waals surface area (Å²) in [6.45, 7) is 12.4. The Morgan fingerprint density at radius 3 is 2.41 bits per heavy atom. The first-order chi connectivity index (χ1) is 13.6. The Labute approximate surface area is 176 Å². The zero-order valence-electron chi connectivity index (χ0n) is 18.1. The first kappa shape index (κ1) is 20.4. The van der Waals surface area contributed by atoms with E-state index in [0.717, 1.165) is 44.4 Å². The number of aromatic nitrogens is 4. The topological polar surface area (TPSA) is 62.1 Å². The summed E-state index contributed by atoms with van der Waals surface area (Å²) in [5.74, 6) is 1.75. The average molecular weight is 410 g/mol. The summed E-state index contributed by atoms with van der Waals surface area (Å²) in [6.07, 6.45) is 3.71. The van der Waals surface area contributed by atoms with Crippen LogP contribution < -0.4 is 5.46 Å². The lowest BCUT2D eigenvalue weighted by atomic mass is 9.80. The Kier molecular flexibility index (Phi) is 5.00. The number of hydrogen-bond donors (Lipinski definition) is 0. The van der Waals surface area contributed by atoms with Gasteiger partial charge in [0, 0.05) is 29.8 Å². The lowest BCUT2D eigenvalue weighted by Gasteiger charge is -2.32. The lowest BCUT2D eigenvalue weighted by molar-refractivity contribution is 0.00578. The molecule has 0 spiro atoms. The van der Waals surface area contributed by atoms with E-state index in [1.165, 1.54) is 0 Å². The molecular formula is C21H27BN4O2S. The molecule has 0 atom stereocenters. The molecule has 4 rings (SSSR count). The van der Waals surface area contributed by atoms with Crippen molar-refractivity contribution in [1.29, 1.82) is 0 Å². The van der Waals surface area contributed by atoms with Crippen LogP contribution in [0.3, 0.4) is 0 Å². The average Bonchev–Trinajstić information content (AvgIpc) is 3.07. The molecule has 1 fully saturated rings. The van der Waals surface area contributed by atoms with E-state index in [1.54, 1.807) is 11.8 Å². The van der Waals surface area contributed by atoms with Crippen molar-refractivity contribution in [2.45, 2.75) is 57.6 Å². The third kappa shape index (κ3) is 3.47. The van der Waals surface area contributed by atoms with Crippen LogP contribution in [0, 0.1) is 6.92 Å². The molecule has 0 saturated carbocycles. The largest absolute Gasteiger partial charge is 0.496 e. The molecule has 0 radical (unpaired) electrons. The highest BCUT2D eigenvalue weighted by molar-refractivity contribution is 7.99. The fourth-order valence-electron chi connectivity index (χ4n) is 3.39.